The maximum Gasteiger partial charge on any atom is 0.411 e. The number of allylic oxidation sites excluding steroid dienone is 3. The zero-order valence-corrected chi connectivity index (χ0v) is 40.7. The lowest BCUT2D eigenvalue weighted by atomic mass is 9.82. The van der Waals surface area contributed by atoms with Crippen LogP contribution in [0.15, 0.2) is 65.5 Å². The molecule has 0 saturated carbocycles. The van der Waals surface area contributed by atoms with Crippen molar-refractivity contribution < 1.29 is 62.9 Å². The first kappa shape index (κ1) is 52.3. The normalized spacial score (nSPS) is 27.5. The number of rotatable bonds is 15. The van der Waals surface area contributed by atoms with Crippen LogP contribution in [0.3, 0.4) is 0 Å². The molecule has 0 radical (unpaired) electrons. The summed E-state index contributed by atoms with van der Waals surface area (Å²) in [6.45, 7) is 10.4. The van der Waals surface area contributed by atoms with E-state index in [1.807, 2.05) is 13.8 Å². The number of ether oxygens (including phenoxy) is 6. The summed E-state index contributed by atoms with van der Waals surface area (Å²) in [5.41, 5.74) is 0.792. The van der Waals surface area contributed by atoms with Gasteiger partial charge < -0.3 is 54.0 Å². The number of aliphatic hydroxyl groups excluding tert-OH is 2. The van der Waals surface area contributed by atoms with E-state index in [4.69, 9.17) is 28.4 Å². The highest BCUT2D eigenvalue weighted by Gasteiger charge is 2.61. The number of pyridine rings is 1. The zero-order valence-electron chi connectivity index (χ0n) is 39.1. The van der Waals surface area contributed by atoms with E-state index >= 15 is 4.79 Å². The van der Waals surface area contributed by atoms with Gasteiger partial charge in [0.2, 0.25) is 5.78 Å². The molecular formula is C49H58N4O13S2. The van der Waals surface area contributed by atoms with Crippen LogP contribution in [-0.4, -0.2) is 146 Å². The molecule has 1 aromatic carbocycles. The van der Waals surface area contributed by atoms with E-state index in [1.54, 1.807) is 58.4 Å². The lowest BCUT2D eigenvalue weighted by Gasteiger charge is -2.51. The maximum absolute atomic E-state index is 15.3. The minimum atomic E-state index is -1.83. The first-order valence-electron chi connectivity index (χ1n) is 22.1. The van der Waals surface area contributed by atoms with Crippen LogP contribution in [-0.2, 0) is 38.0 Å². The smallest absolute Gasteiger partial charge is 0.411 e. The van der Waals surface area contributed by atoms with E-state index in [0.717, 1.165) is 23.5 Å². The summed E-state index contributed by atoms with van der Waals surface area (Å²) in [5.74, 6) is 10.2. The number of thioether (sulfide) groups is 2. The molecule has 68 heavy (non-hydrogen) atoms. The van der Waals surface area contributed by atoms with Crippen molar-refractivity contribution in [1.29, 1.82) is 0 Å². The van der Waals surface area contributed by atoms with Crippen LogP contribution in [0.4, 0.5) is 4.79 Å². The van der Waals surface area contributed by atoms with Crippen molar-refractivity contribution >= 4 is 68.1 Å². The monoisotopic (exact) mass is 974 g/mol. The number of alkyl carbamates (subject to hydrolysis) is 1. The van der Waals surface area contributed by atoms with Crippen LogP contribution in [0.2, 0.25) is 0 Å². The Morgan fingerprint density at radius 2 is 1.91 bits per heavy atom. The van der Waals surface area contributed by atoms with E-state index in [2.05, 4.69) is 44.3 Å². The van der Waals surface area contributed by atoms with Crippen molar-refractivity contribution in [2.75, 3.05) is 32.3 Å². The number of fused-ring (bicyclic) bond motifs is 3. The number of methoxy groups -OCH3 is 1. The third kappa shape index (κ3) is 11.5. The van der Waals surface area contributed by atoms with Gasteiger partial charge in [0, 0.05) is 66.7 Å². The molecule has 6 N–H and O–H groups in total. The van der Waals surface area contributed by atoms with Crippen LogP contribution in [0.1, 0.15) is 64.9 Å². The van der Waals surface area contributed by atoms with Crippen LogP contribution in [0.5, 0.6) is 5.75 Å². The molecule has 364 valence electrons. The fourth-order valence-electron chi connectivity index (χ4n) is 8.63. The van der Waals surface area contributed by atoms with Gasteiger partial charge in [-0.3, -0.25) is 24.7 Å². The highest BCUT2D eigenvalue weighted by Crippen LogP contribution is 2.46. The van der Waals surface area contributed by atoms with Gasteiger partial charge in [-0.1, -0.05) is 49.4 Å². The number of aliphatic hydroxyl groups is 2. The molecule has 0 spiro atoms. The Labute approximate surface area is 403 Å². The number of nitrogens with one attached hydrogen (secondary N) is 3. The number of phenolic OH excluding ortho intramolecular Hbond substituents is 1. The highest BCUT2D eigenvalue weighted by molar-refractivity contribution is 8.13. The van der Waals surface area contributed by atoms with E-state index < -0.39 is 78.0 Å². The fraction of sp³-hybridized carbons (Fsp3) is 0.490. The lowest BCUT2D eigenvalue weighted by Crippen LogP contribution is -2.68. The quantitative estimate of drug-likeness (QED) is 0.0883. The molecule has 2 aromatic heterocycles. The van der Waals surface area contributed by atoms with Crippen LogP contribution < -0.4 is 10.6 Å². The van der Waals surface area contributed by atoms with Gasteiger partial charge in [0.25, 0.3) is 0 Å². The van der Waals surface area contributed by atoms with Crippen molar-refractivity contribution in [3.63, 3.8) is 0 Å². The van der Waals surface area contributed by atoms with Crippen LogP contribution in [0.25, 0.3) is 21.8 Å². The molecule has 19 heteroatoms. The molecule has 8 unspecified atom stereocenters. The predicted octanol–water partition coefficient (Wildman–Crippen LogP) is 4.83. The Hall–Kier alpha value is -5.03. The summed E-state index contributed by atoms with van der Waals surface area (Å²) < 4.78 is 35.7. The van der Waals surface area contributed by atoms with Crippen LogP contribution in [0, 0.1) is 23.7 Å². The Bertz CT molecular complexity index is 2590. The fourth-order valence-corrected chi connectivity index (χ4v) is 10.2. The van der Waals surface area contributed by atoms with E-state index in [0.29, 0.717) is 21.8 Å². The Kier molecular flexibility index (Phi) is 18.1. The molecule has 1 amide bonds. The number of hydrogen-bond acceptors (Lipinski definition) is 17. The van der Waals surface area contributed by atoms with Crippen molar-refractivity contribution in [1.82, 2.24) is 20.6 Å². The number of nitrogens with zero attached hydrogens (tertiary/aromatic N) is 1. The summed E-state index contributed by atoms with van der Waals surface area (Å²) in [6, 6.07) is 6.40. The molecular weight excluding hydrogens is 917 g/mol. The Balaban J connectivity index is 1.50. The predicted molar refractivity (Wildman–Crippen MR) is 258 cm³/mol. The van der Waals surface area contributed by atoms with E-state index in [1.165, 1.54) is 31.3 Å². The topological polar surface area (TPSA) is 237 Å². The lowest BCUT2D eigenvalue weighted by molar-refractivity contribution is -0.323. The third-order valence-electron chi connectivity index (χ3n) is 11.7. The summed E-state index contributed by atoms with van der Waals surface area (Å²) in [5, 5.41) is 41.8. The van der Waals surface area contributed by atoms with Gasteiger partial charge in [-0.2, -0.15) is 0 Å². The molecule has 2 aliphatic heterocycles. The molecule has 2 saturated heterocycles. The summed E-state index contributed by atoms with van der Waals surface area (Å²) in [7, 11) is 1.57. The van der Waals surface area contributed by atoms with Crippen molar-refractivity contribution in [3.8, 4) is 29.4 Å². The minimum Gasteiger partial charge on any atom is -0.508 e. The molecule has 0 bridgehead atoms. The van der Waals surface area contributed by atoms with Crippen LogP contribution >= 0.6 is 23.5 Å². The van der Waals surface area contributed by atoms with Gasteiger partial charge in [-0.05, 0) is 69.0 Å². The first-order chi connectivity index (χ1) is 32.6. The zero-order chi connectivity index (χ0) is 49.3. The molecule has 10 atom stereocenters. The van der Waals surface area contributed by atoms with E-state index in [9.17, 15) is 29.7 Å². The number of aromatic hydroxyl groups is 1. The molecule has 4 heterocycles. The standard InChI is InChI=1S/C49H58N4O13S2/c1-9-11-12-13-14-15-37(40-31(19-21-68-28(6)54)35(56)23-36(57)42(40)53-48(60)62-10-2)65-47-44(66-39-24-38(61-7)34(25-63-39)51-26(3)4)46(59)49(67-8,27(5)64-47)45(58)43-41-30(18-20-50-43)32-22-29(55)16-17-33(32)52-41/h12-13,16-20,22,26-27,34-35,37-39,44,46-47,51-52,55-56,59H,10,21,23-25H2,1-8H3,(H,53,60)/b13-12-,31-19-/t27?,34?,35-,37-,38?,39?,44?,46?,47?,49?/m0/s1. The number of aromatic amines is 1. The number of amides is 1. The largest absolute Gasteiger partial charge is 0.508 e. The number of carbonyl (C=O) groups is 4. The second kappa shape index (κ2) is 23.5. The summed E-state index contributed by atoms with van der Waals surface area (Å²) in [4.78, 5) is 62.1. The number of ketones is 2. The van der Waals surface area contributed by atoms with Gasteiger partial charge in [0.15, 0.2) is 23.5 Å². The number of H-pyrrole nitrogens is 1. The number of benzene rings is 1. The molecule has 2 fully saturated rings. The number of aromatic nitrogens is 2. The third-order valence-corrected chi connectivity index (χ3v) is 13.9. The molecule has 6 rings (SSSR count). The van der Waals surface area contributed by atoms with Gasteiger partial charge in [-0.25, -0.2) is 4.79 Å². The molecule has 1 aliphatic carbocycles. The SMILES string of the molecule is CC#C/C=C\C#C[C@H](OC1OC(C)C(SC)(C(=O)c2nccc3c2[nH]c2ccc(O)cc23)C(O)C1OC1CC(OC)C(NC(C)C)CO1)C1=C(NC(=O)OCC)C(=O)C[C@H](O)/C1=C/CSC(C)=O. The highest BCUT2D eigenvalue weighted by atomic mass is 32.2. The van der Waals surface area contributed by atoms with Crippen molar-refractivity contribution in [3.05, 3.63) is 71.2 Å². The number of Topliss-reactive ketones (excluding diaryl/α,β-unsaturated/α-hetero) is 2. The summed E-state index contributed by atoms with van der Waals surface area (Å²) in [6.07, 6.45) is -4.04. The molecule has 3 aromatic rings. The van der Waals surface area contributed by atoms with Gasteiger partial charge >= 0.3 is 6.09 Å². The summed E-state index contributed by atoms with van der Waals surface area (Å²) >= 11 is 1.99. The van der Waals surface area contributed by atoms with Crippen molar-refractivity contribution in [2.24, 2.45) is 0 Å². The van der Waals surface area contributed by atoms with E-state index in [-0.39, 0.29) is 70.9 Å². The number of carbonyl (C=O) groups excluding carboxylic acids is 4. The second-order valence-corrected chi connectivity index (χ2v) is 18.7. The Morgan fingerprint density at radius 3 is 2.60 bits per heavy atom. The molecule has 17 nitrogen and oxygen atoms in total. The second-order valence-electron chi connectivity index (χ2n) is 16.4. The average Bonchev–Trinajstić information content (AvgIpc) is 3.67. The average molecular weight is 975 g/mol. The minimum absolute atomic E-state index is 0.00501. The number of hydrogen-bond donors (Lipinski definition) is 6. The van der Waals surface area contributed by atoms with Crippen molar-refractivity contribution in [2.45, 2.75) is 120 Å². The maximum atomic E-state index is 15.3. The van der Waals surface area contributed by atoms with Gasteiger partial charge in [0.05, 0.1) is 48.8 Å². The van der Waals surface area contributed by atoms with Gasteiger partial charge in [0.1, 0.15) is 34.5 Å². The first-order valence-corrected chi connectivity index (χ1v) is 24.3. The number of phenols is 1. The van der Waals surface area contributed by atoms with Gasteiger partial charge in [-0.15, -0.1) is 17.7 Å². The molecule has 3 aliphatic rings. The Morgan fingerprint density at radius 1 is 1.15 bits per heavy atom.